The predicted molar refractivity (Wildman–Crippen MR) is 85.4 cm³/mol. The molecule has 0 fully saturated rings. The molecular weight excluding hydrogens is 370 g/mol. The van der Waals surface area contributed by atoms with E-state index in [0.717, 1.165) is 21.2 Å². The molecule has 0 aliphatic heterocycles. The zero-order valence-electron chi connectivity index (χ0n) is 11.2. The van der Waals surface area contributed by atoms with Crippen molar-refractivity contribution in [3.8, 4) is 0 Å². The first-order valence-electron chi connectivity index (χ1n) is 6.23. The van der Waals surface area contributed by atoms with E-state index >= 15 is 0 Å². The van der Waals surface area contributed by atoms with E-state index in [0.29, 0.717) is 0 Å². The first kappa shape index (κ1) is 14.8. The first-order chi connectivity index (χ1) is 9.08. The SMILES string of the molecule is CCn1ncc(Br)c1C(NC)c1ccc(C)cc1Br. The molecule has 0 radical (unpaired) electrons. The molecule has 0 bridgehead atoms. The van der Waals surface area contributed by atoms with Gasteiger partial charge in [0.2, 0.25) is 0 Å². The van der Waals surface area contributed by atoms with Crippen LogP contribution in [-0.4, -0.2) is 16.8 Å². The molecule has 3 nitrogen and oxygen atoms in total. The molecule has 1 aromatic carbocycles. The number of hydrogen-bond acceptors (Lipinski definition) is 2. The van der Waals surface area contributed by atoms with Crippen LogP contribution in [0.5, 0.6) is 0 Å². The van der Waals surface area contributed by atoms with Gasteiger partial charge in [0.1, 0.15) is 0 Å². The quantitative estimate of drug-likeness (QED) is 0.858. The van der Waals surface area contributed by atoms with Crippen LogP contribution in [-0.2, 0) is 6.54 Å². The van der Waals surface area contributed by atoms with Crippen molar-refractivity contribution in [1.82, 2.24) is 15.1 Å². The van der Waals surface area contributed by atoms with Gasteiger partial charge in [0.05, 0.1) is 22.4 Å². The fraction of sp³-hybridized carbons (Fsp3) is 0.357. The summed E-state index contributed by atoms with van der Waals surface area (Å²) in [7, 11) is 1.97. The Labute approximate surface area is 130 Å². The summed E-state index contributed by atoms with van der Waals surface area (Å²) in [5.74, 6) is 0. The van der Waals surface area contributed by atoms with Crippen LogP contribution in [0.2, 0.25) is 0 Å². The van der Waals surface area contributed by atoms with Gasteiger partial charge in [-0.05, 0) is 54.0 Å². The van der Waals surface area contributed by atoms with Crippen LogP contribution in [0.4, 0.5) is 0 Å². The summed E-state index contributed by atoms with van der Waals surface area (Å²) < 4.78 is 4.15. The Morgan fingerprint density at radius 1 is 1.32 bits per heavy atom. The van der Waals surface area contributed by atoms with Crippen molar-refractivity contribution >= 4 is 31.9 Å². The minimum absolute atomic E-state index is 0.104. The van der Waals surface area contributed by atoms with Crippen molar-refractivity contribution in [2.75, 3.05) is 7.05 Å². The minimum Gasteiger partial charge on any atom is -0.308 e. The van der Waals surface area contributed by atoms with E-state index in [4.69, 9.17) is 0 Å². The standard InChI is InChI=1S/C14H17Br2N3/c1-4-19-14(12(16)8-18-19)13(17-3)10-6-5-9(2)7-11(10)15/h5-8,13,17H,4H2,1-3H3. The Morgan fingerprint density at radius 2 is 2.05 bits per heavy atom. The maximum atomic E-state index is 4.39. The molecular formula is C14H17Br2N3. The van der Waals surface area contributed by atoms with Crippen LogP contribution in [0.15, 0.2) is 33.3 Å². The maximum absolute atomic E-state index is 4.39. The molecule has 0 spiro atoms. The zero-order chi connectivity index (χ0) is 14.0. The average Bonchev–Trinajstić information content (AvgIpc) is 2.74. The van der Waals surface area contributed by atoms with Crippen LogP contribution in [0, 0.1) is 6.92 Å². The second kappa shape index (κ2) is 6.20. The Balaban J connectivity index is 2.52. The third-order valence-electron chi connectivity index (χ3n) is 3.16. The van der Waals surface area contributed by atoms with Crippen molar-refractivity contribution in [2.24, 2.45) is 0 Å². The first-order valence-corrected chi connectivity index (χ1v) is 7.81. The van der Waals surface area contributed by atoms with Crippen molar-refractivity contribution in [3.63, 3.8) is 0 Å². The highest BCUT2D eigenvalue weighted by Crippen LogP contribution is 2.32. The molecule has 0 saturated carbocycles. The number of rotatable bonds is 4. The minimum atomic E-state index is 0.104. The molecule has 0 saturated heterocycles. The summed E-state index contributed by atoms with van der Waals surface area (Å²) in [6.07, 6.45) is 1.85. The second-order valence-corrected chi connectivity index (χ2v) is 6.15. The van der Waals surface area contributed by atoms with Gasteiger partial charge in [0.25, 0.3) is 0 Å². The molecule has 102 valence electrons. The molecule has 1 atom stereocenters. The van der Waals surface area contributed by atoms with E-state index in [2.05, 4.69) is 74.3 Å². The van der Waals surface area contributed by atoms with Gasteiger partial charge in [0.15, 0.2) is 0 Å². The Morgan fingerprint density at radius 3 is 2.63 bits per heavy atom. The number of aryl methyl sites for hydroxylation is 2. The van der Waals surface area contributed by atoms with E-state index in [1.54, 1.807) is 0 Å². The molecule has 0 aliphatic carbocycles. The highest BCUT2D eigenvalue weighted by molar-refractivity contribution is 9.10. The lowest BCUT2D eigenvalue weighted by Gasteiger charge is -2.20. The normalized spacial score (nSPS) is 12.7. The zero-order valence-corrected chi connectivity index (χ0v) is 14.4. The number of benzene rings is 1. The van der Waals surface area contributed by atoms with Crippen LogP contribution < -0.4 is 5.32 Å². The van der Waals surface area contributed by atoms with Crippen LogP contribution >= 0.6 is 31.9 Å². The molecule has 1 aromatic heterocycles. The topological polar surface area (TPSA) is 29.9 Å². The summed E-state index contributed by atoms with van der Waals surface area (Å²) in [5, 5.41) is 7.77. The van der Waals surface area contributed by atoms with Crippen molar-refractivity contribution in [1.29, 1.82) is 0 Å². The van der Waals surface area contributed by atoms with Gasteiger partial charge < -0.3 is 5.32 Å². The van der Waals surface area contributed by atoms with E-state index in [9.17, 15) is 0 Å². The number of nitrogens with zero attached hydrogens (tertiary/aromatic N) is 2. The summed E-state index contributed by atoms with van der Waals surface area (Å²) in [5.41, 5.74) is 3.60. The monoisotopic (exact) mass is 385 g/mol. The van der Waals surface area contributed by atoms with Gasteiger partial charge in [-0.15, -0.1) is 0 Å². The second-order valence-electron chi connectivity index (χ2n) is 4.44. The largest absolute Gasteiger partial charge is 0.308 e. The number of aromatic nitrogens is 2. The third-order valence-corrected chi connectivity index (χ3v) is 4.46. The van der Waals surface area contributed by atoms with Gasteiger partial charge in [-0.25, -0.2) is 0 Å². The third kappa shape index (κ3) is 2.93. The van der Waals surface area contributed by atoms with Crippen molar-refractivity contribution in [3.05, 3.63) is 50.2 Å². The van der Waals surface area contributed by atoms with E-state index in [1.807, 2.05) is 17.9 Å². The molecule has 1 N–H and O–H groups in total. The Hall–Kier alpha value is -0.650. The lowest BCUT2D eigenvalue weighted by molar-refractivity contribution is 0.560. The molecule has 1 unspecified atom stereocenters. The highest BCUT2D eigenvalue weighted by Gasteiger charge is 2.21. The molecule has 0 amide bonds. The van der Waals surface area contributed by atoms with Gasteiger partial charge in [-0.3, -0.25) is 4.68 Å². The van der Waals surface area contributed by atoms with E-state index in [-0.39, 0.29) is 6.04 Å². The van der Waals surface area contributed by atoms with Crippen molar-refractivity contribution in [2.45, 2.75) is 26.4 Å². The summed E-state index contributed by atoms with van der Waals surface area (Å²) in [4.78, 5) is 0. The van der Waals surface area contributed by atoms with Crippen LogP contribution in [0.3, 0.4) is 0 Å². The lowest BCUT2D eigenvalue weighted by Crippen LogP contribution is -2.22. The predicted octanol–water partition coefficient (Wildman–Crippen LogP) is 4.05. The average molecular weight is 387 g/mol. The Bertz CT molecular complexity index is 578. The highest BCUT2D eigenvalue weighted by atomic mass is 79.9. The summed E-state index contributed by atoms with van der Waals surface area (Å²) >= 11 is 7.26. The van der Waals surface area contributed by atoms with Gasteiger partial charge in [-0.1, -0.05) is 28.1 Å². The van der Waals surface area contributed by atoms with Crippen LogP contribution in [0.1, 0.15) is 29.8 Å². The van der Waals surface area contributed by atoms with Crippen LogP contribution in [0.25, 0.3) is 0 Å². The summed E-state index contributed by atoms with van der Waals surface area (Å²) in [6.45, 7) is 5.04. The molecule has 0 aliphatic rings. The smallest absolute Gasteiger partial charge is 0.0768 e. The van der Waals surface area contributed by atoms with Gasteiger partial charge >= 0.3 is 0 Å². The van der Waals surface area contributed by atoms with E-state index in [1.165, 1.54) is 11.1 Å². The fourth-order valence-corrected chi connectivity index (χ4v) is 3.46. The molecule has 2 rings (SSSR count). The molecule has 1 heterocycles. The number of nitrogens with one attached hydrogen (secondary N) is 1. The van der Waals surface area contributed by atoms with Gasteiger partial charge in [-0.2, -0.15) is 5.10 Å². The maximum Gasteiger partial charge on any atom is 0.0768 e. The fourth-order valence-electron chi connectivity index (χ4n) is 2.22. The lowest BCUT2D eigenvalue weighted by atomic mass is 10.0. The van der Waals surface area contributed by atoms with Crippen molar-refractivity contribution < 1.29 is 0 Å². The number of halogens is 2. The van der Waals surface area contributed by atoms with Gasteiger partial charge in [0, 0.05) is 11.0 Å². The Kier molecular flexibility index (Phi) is 4.81. The number of hydrogen-bond donors (Lipinski definition) is 1. The molecule has 2 aromatic rings. The van der Waals surface area contributed by atoms with E-state index < -0.39 is 0 Å². The summed E-state index contributed by atoms with van der Waals surface area (Å²) in [6, 6.07) is 6.53. The molecule has 5 heteroatoms. The molecule has 19 heavy (non-hydrogen) atoms.